The number of hydrogen-bond acceptors (Lipinski definition) is 1. The second-order valence-electron chi connectivity index (χ2n) is 5.41. The van der Waals surface area contributed by atoms with Crippen LogP contribution < -0.4 is 0 Å². The van der Waals surface area contributed by atoms with E-state index in [0.29, 0.717) is 5.25 Å². The van der Waals surface area contributed by atoms with Crippen molar-refractivity contribution < 1.29 is 0 Å². The van der Waals surface area contributed by atoms with Gasteiger partial charge in [0.15, 0.2) is 0 Å². The van der Waals surface area contributed by atoms with Crippen LogP contribution in [0.5, 0.6) is 0 Å². The lowest BCUT2D eigenvalue weighted by Crippen LogP contribution is -1.98. The molecule has 1 unspecified atom stereocenters. The normalized spacial score (nSPS) is 12.9. The van der Waals surface area contributed by atoms with E-state index in [1.165, 1.54) is 83.5 Å². The third kappa shape index (κ3) is 14.3. The molecule has 0 spiro atoms. The SMILES string of the molecule is CCCCCCCCCCC(S)CCCCC. The molecule has 0 aliphatic rings. The summed E-state index contributed by atoms with van der Waals surface area (Å²) in [6, 6.07) is 0. The van der Waals surface area contributed by atoms with Gasteiger partial charge in [0.25, 0.3) is 0 Å². The smallest absolute Gasteiger partial charge is 0.00168 e. The van der Waals surface area contributed by atoms with E-state index >= 15 is 0 Å². The number of thiol groups is 1. The zero-order valence-electron chi connectivity index (χ0n) is 12.2. The summed E-state index contributed by atoms with van der Waals surface area (Å²) in [7, 11) is 0. The first-order valence-corrected chi connectivity index (χ1v) is 8.51. The minimum absolute atomic E-state index is 0.668. The van der Waals surface area contributed by atoms with Crippen molar-refractivity contribution in [3.8, 4) is 0 Å². The molecule has 17 heavy (non-hydrogen) atoms. The first-order chi connectivity index (χ1) is 8.31. The van der Waals surface area contributed by atoms with Crippen LogP contribution in [0.4, 0.5) is 0 Å². The van der Waals surface area contributed by atoms with Crippen molar-refractivity contribution in [1.82, 2.24) is 0 Å². The maximum atomic E-state index is 4.67. The predicted octanol–water partition coefficient (Wildman–Crippen LogP) is 6.40. The van der Waals surface area contributed by atoms with Crippen LogP contribution in [-0.2, 0) is 0 Å². The van der Waals surface area contributed by atoms with Crippen LogP contribution in [0.3, 0.4) is 0 Å². The number of unbranched alkanes of at least 4 members (excludes halogenated alkanes) is 9. The second-order valence-corrected chi connectivity index (χ2v) is 6.14. The molecule has 0 rings (SSSR count). The molecule has 0 aromatic carbocycles. The molecule has 0 aromatic heterocycles. The molecule has 0 saturated heterocycles. The lowest BCUT2D eigenvalue weighted by Gasteiger charge is -2.09. The van der Waals surface area contributed by atoms with E-state index in [-0.39, 0.29) is 0 Å². The number of hydrogen-bond donors (Lipinski definition) is 1. The maximum Gasteiger partial charge on any atom is 0.00168 e. The quantitative estimate of drug-likeness (QED) is 0.287. The topological polar surface area (TPSA) is 0 Å². The molecule has 0 heterocycles. The van der Waals surface area contributed by atoms with Gasteiger partial charge in [0.2, 0.25) is 0 Å². The zero-order chi connectivity index (χ0) is 12.8. The molecule has 0 aliphatic heterocycles. The fraction of sp³-hybridized carbons (Fsp3) is 1.00. The Morgan fingerprint density at radius 1 is 0.588 bits per heavy atom. The van der Waals surface area contributed by atoms with E-state index in [1.54, 1.807) is 0 Å². The van der Waals surface area contributed by atoms with Gasteiger partial charge < -0.3 is 0 Å². The molecule has 0 amide bonds. The molecular formula is C16H34S. The molecular weight excluding hydrogens is 224 g/mol. The predicted molar refractivity (Wildman–Crippen MR) is 84.1 cm³/mol. The van der Waals surface area contributed by atoms with Crippen LogP contribution in [0.25, 0.3) is 0 Å². The summed E-state index contributed by atoms with van der Waals surface area (Å²) in [5.74, 6) is 0. The van der Waals surface area contributed by atoms with Crippen molar-refractivity contribution in [3.05, 3.63) is 0 Å². The van der Waals surface area contributed by atoms with Crippen LogP contribution in [0.2, 0.25) is 0 Å². The Labute approximate surface area is 115 Å². The summed E-state index contributed by atoms with van der Waals surface area (Å²) in [5.41, 5.74) is 0. The van der Waals surface area contributed by atoms with E-state index < -0.39 is 0 Å². The summed E-state index contributed by atoms with van der Waals surface area (Å²) in [4.78, 5) is 0. The van der Waals surface area contributed by atoms with Gasteiger partial charge in [-0.3, -0.25) is 0 Å². The molecule has 104 valence electrons. The fourth-order valence-electron chi connectivity index (χ4n) is 2.29. The van der Waals surface area contributed by atoms with Gasteiger partial charge in [0, 0.05) is 5.25 Å². The van der Waals surface area contributed by atoms with Crippen molar-refractivity contribution in [2.24, 2.45) is 0 Å². The lowest BCUT2D eigenvalue weighted by atomic mass is 10.0. The average Bonchev–Trinajstić information content (AvgIpc) is 2.33. The highest BCUT2D eigenvalue weighted by atomic mass is 32.1. The molecule has 1 heteroatoms. The molecule has 0 nitrogen and oxygen atoms in total. The van der Waals surface area contributed by atoms with Gasteiger partial charge in [0.05, 0.1) is 0 Å². The van der Waals surface area contributed by atoms with E-state index in [1.807, 2.05) is 0 Å². The van der Waals surface area contributed by atoms with Gasteiger partial charge in [-0.05, 0) is 12.8 Å². The summed E-state index contributed by atoms with van der Waals surface area (Å²) < 4.78 is 0. The van der Waals surface area contributed by atoms with Crippen molar-refractivity contribution in [1.29, 1.82) is 0 Å². The van der Waals surface area contributed by atoms with E-state index in [4.69, 9.17) is 0 Å². The minimum Gasteiger partial charge on any atom is -0.176 e. The average molecular weight is 259 g/mol. The number of rotatable bonds is 13. The Bertz CT molecular complexity index is 133. The summed E-state index contributed by atoms with van der Waals surface area (Å²) in [5, 5.41) is 0.668. The van der Waals surface area contributed by atoms with Crippen molar-refractivity contribution in [2.75, 3.05) is 0 Å². The molecule has 0 N–H and O–H groups in total. The molecule has 0 aromatic rings. The van der Waals surface area contributed by atoms with Crippen LogP contribution in [0.15, 0.2) is 0 Å². The van der Waals surface area contributed by atoms with Crippen molar-refractivity contribution in [3.63, 3.8) is 0 Å². The summed E-state index contributed by atoms with van der Waals surface area (Å²) in [6.07, 6.45) is 18.2. The van der Waals surface area contributed by atoms with Gasteiger partial charge in [-0.1, -0.05) is 84.5 Å². The standard InChI is InChI=1S/C16H34S/c1-3-5-7-8-9-10-11-13-15-16(17)14-12-6-4-2/h16-17H,3-15H2,1-2H3. The Balaban J connectivity index is 3.05. The van der Waals surface area contributed by atoms with Crippen LogP contribution in [0.1, 0.15) is 97.3 Å². The summed E-state index contributed by atoms with van der Waals surface area (Å²) in [6.45, 7) is 4.55. The van der Waals surface area contributed by atoms with Gasteiger partial charge >= 0.3 is 0 Å². The van der Waals surface area contributed by atoms with Crippen LogP contribution in [0, 0.1) is 0 Å². The Hall–Kier alpha value is 0.350. The molecule has 1 atom stereocenters. The van der Waals surface area contributed by atoms with Crippen LogP contribution >= 0.6 is 12.6 Å². The highest BCUT2D eigenvalue weighted by molar-refractivity contribution is 7.80. The largest absolute Gasteiger partial charge is 0.176 e. The zero-order valence-corrected chi connectivity index (χ0v) is 13.1. The molecule has 0 radical (unpaired) electrons. The first kappa shape index (κ1) is 17.4. The summed E-state index contributed by atoms with van der Waals surface area (Å²) >= 11 is 4.67. The van der Waals surface area contributed by atoms with E-state index in [9.17, 15) is 0 Å². The highest BCUT2D eigenvalue weighted by Crippen LogP contribution is 2.17. The van der Waals surface area contributed by atoms with E-state index in [2.05, 4.69) is 26.5 Å². The molecule has 0 aliphatic carbocycles. The van der Waals surface area contributed by atoms with Gasteiger partial charge in [-0.15, -0.1) is 0 Å². The Kier molecular flexibility index (Phi) is 14.7. The van der Waals surface area contributed by atoms with E-state index in [0.717, 1.165) is 0 Å². The molecule has 0 bridgehead atoms. The Morgan fingerprint density at radius 3 is 1.47 bits per heavy atom. The van der Waals surface area contributed by atoms with Crippen molar-refractivity contribution >= 4 is 12.6 Å². The second kappa shape index (κ2) is 14.4. The van der Waals surface area contributed by atoms with Crippen LogP contribution in [-0.4, -0.2) is 5.25 Å². The molecule has 0 saturated carbocycles. The molecule has 0 fully saturated rings. The Morgan fingerprint density at radius 2 is 0.941 bits per heavy atom. The third-order valence-corrected chi connectivity index (χ3v) is 4.05. The fourth-order valence-corrected chi connectivity index (χ4v) is 2.65. The van der Waals surface area contributed by atoms with Crippen molar-refractivity contribution in [2.45, 2.75) is 103 Å². The monoisotopic (exact) mass is 258 g/mol. The lowest BCUT2D eigenvalue weighted by molar-refractivity contribution is 0.545. The van der Waals surface area contributed by atoms with Gasteiger partial charge in [-0.25, -0.2) is 0 Å². The highest BCUT2D eigenvalue weighted by Gasteiger charge is 2.02. The van der Waals surface area contributed by atoms with Gasteiger partial charge in [0.1, 0.15) is 0 Å². The first-order valence-electron chi connectivity index (χ1n) is 7.99. The minimum atomic E-state index is 0.668. The maximum absolute atomic E-state index is 4.67. The third-order valence-electron chi connectivity index (χ3n) is 3.53. The van der Waals surface area contributed by atoms with Gasteiger partial charge in [-0.2, -0.15) is 12.6 Å².